The molecule has 0 fully saturated rings. The van der Waals surface area contributed by atoms with Crippen LogP contribution in [-0.4, -0.2) is 0 Å². The van der Waals surface area contributed by atoms with Gasteiger partial charge in [0.25, 0.3) is 0 Å². The van der Waals surface area contributed by atoms with Crippen LogP contribution in [0.2, 0.25) is 0 Å². The zero-order valence-electron chi connectivity index (χ0n) is 2.90. The predicted molar refractivity (Wildman–Crippen MR) is 17.3 cm³/mol. The van der Waals surface area contributed by atoms with Gasteiger partial charge in [0, 0.05) is 10.8 Å². The van der Waals surface area contributed by atoms with Crippen LogP contribution < -0.4 is 11.1 Å². The summed E-state index contributed by atoms with van der Waals surface area (Å²) >= 11 is 0. The van der Waals surface area contributed by atoms with Gasteiger partial charge in [-0.3, -0.25) is 5.53 Å². The minimum absolute atomic E-state index is 0. The highest BCUT2D eigenvalue weighted by molar-refractivity contribution is 3.92. The van der Waals surface area contributed by atoms with Crippen LogP contribution in [0.15, 0.2) is 0 Å². The van der Waals surface area contributed by atoms with Crippen molar-refractivity contribution >= 4 is 0 Å². The van der Waals surface area contributed by atoms with Gasteiger partial charge in [-0.05, 0) is 0 Å². The van der Waals surface area contributed by atoms with Gasteiger partial charge in [0.1, 0.15) is 4.97 Å². The fraction of sp³-hybridized carbons (Fsp3) is 0. The molecule has 0 saturated heterocycles. The van der Waals surface area contributed by atoms with Gasteiger partial charge < -0.3 is 6.15 Å². The summed E-state index contributed by atoms with van der Waals surface area (Å²) in [6, 6.07) is 0. The zero-order valence-corrected chi connectivity index (χ0v) is 2.90. The SMILES string of the molecule is N.N#N.[N-]=[N+]=O. The third kappa shape index (κ3) is 4.48. The lowest BCUT2D eigenvalue weighted by Crippen LogP contribution is -1.21. The minimum atomic E-state index is 0. The third-order valence-corrected chi connectivity index (χ3v) is 0. The van der Waals surface area contributed by atoms with E-state index in [0.717, 1.165) is 0 Å². The van der Waals surface area contributed by atoms with E-state index >= 15 is 0 Å². The molecule has 0 aromatic carbocycles. The maximum absolute atomic E-state index is 8.11. The van der Waals surface area contributed by atoms with Crippen molar-refractivity contribution < 1.29 is 0 Å². The molecule has 6 nitrogen and oxygen atoms in total. The van der Waals surface area contributed by atoms with Gasteiger partial charge >= 0.3 is 0 Å². The number of nitrogens with zero attached hydrogens (tertiary/aromatic N) is 4. The van der Waals surface area contributed by atoms with Gasteiger partial charge in [-0.25, -0.2) is 0 Å². The molecule has 0 unspecified atom stereocenters. The molecule has 0 spiro atoms. The lowest BCUT2D eigenvalue weighted by Gasteiger charge is -0.999. The molecule has 0 bridgehead atoms. The van der Waals surface area contributed by atoms with Crippen LogP contribution >= 0.6 is 0 Å². The Morgan fingerprint density at radius 1 is 1.50 bits per heavy atom. The second-order valence-electron chi connectivity index (χ2n) is 0.0816. The molecule has 34 valence electrons. The lowest BCUT2D eigenvalue weighted by molar-refractivity contribution is 1.15. The molecule has 0 rings (SSSR count). The summed E-state index contributed by atoms with van der Waals surface area (Å²) < 4.78 is 0. The largest absolute Gasteiger partial charge is 0.344 e. The predicted octanol–water partition coefficient (Wildman–Crippen LogP) is 0.0338. The first-order valence-electron chi connectivity index (χ1n) is 0.583. The van der Waals surface area contributed by atoms with Crippen LogP contribution in [0.4, 0.5) is 0 Å². The normalized spacial score (nSPS) is 1.67. The zero-order chi connectivity index (χ0) is 4.71. The van der Waals surface area contributed by atoms with Crippen LogP contribution in [-0.2, 0) is 0 Å². The van der Waals surface area contributed by atoms with E-state index in [1.54, 1.807) is 0 Å². The third-order valence-electron chi connectivity index (χ3n) is 0. The Kier molecular flexibility index (Phi) is 1040. The fourth-order valence-corrected chi connectivity index (χ4v) is 0. The molecule has 6 heavy (non-hydrogen) atoms. The Labute approximate surface area is 33.6 Å². The summed E-state index contributed by atoms with van der Waals surface area (Å²) in [5, 5.41) is 12.0. The molecule has 0 saturated carbocycles. The molecule has 0 radical (unpaired) electrons. The first-order valence-corrected chi connectivity index (χ1v) is 0.583. The molecule has 0 amide bonds. The standard InChI is InChI=1S/N2O.N2.H3N/c1-2-3;1-2;/h;;1H3. The topological polar surface area (TPSA) is 136 Å². The number of nitroso groups, excluding NO2 is 1. The van der Waals surface area contributed by atoms with E-state index in [1.165, 1.54) is 4.97 Å². The second kappa shape index (κ2) is 278. The van der Waals surface area contributed by atoms with Crippen molar-refractivity contribution in [2.75, 3.05) is 0 Å². The van der Waals surface area contributed by atoms with Crippen molar-refractivity contribution in [1.82, 2.24) is 11.1 Å². The fourth-order valence-electron chi connectivity index (χ4n) is 0. The first-order chi connectivity index (χ1) is 2.41. The molecule has 6 heteroatoms. The highest BCUT2D eigenvalue weighted by Gasteiger charge is 1.06. The van der Waals surface area contributed by atoms with Gasteiger partial charge in [0.05, 0.1) is 0 Å². The van der Waals surface area contributed by atoms with Crippen LogP contribution in [0.5, 0.6) is 0 Å². The van der Waals surface area contributed by atoms with Gasteiger partial charge in [-0.2, -0.15) is 0 Å². The molecule has 0 aromatic heterocycles. The monoisotopic (exact) mass is 89.0 g/mol. The Balaban J connectivity index is -0.0000000275. The van der Waals surface area contributed by atoms with E-state index < -0.39 is 0 Å². The van der Waals surface area contributed by atoms with Crippen molar-refractivity contribution in [2.45, 2.75) is 0 Å². The molecule has 0 aliphatic heterocycles. The maximum Gasteiger partial charge on any atom is 0.151 e. The second-order valence-corrected chi connectivity index (χ2v) is 0.0816. The lowest BCUT2D eigenvalue weighted by atomic mass is 13.2. The summed E-state index contributed by atoms with van der Waals surface area (Å²) in [5.41, 5.74) is 6.64. The minimum Gasteiger partial charge on any atom is -0.344 e. The summed E-state index contributed by atoms with van der Waals surface area (Å²) in [5.74, 6) is 0. The summed E-state index contributed by atoms with van der Waals surface area (Å²) in [7, 11) is 0. The van der Waals surface area contributed by atoms with E-state index in [4.69, 9.17) is 21.2 Å². The van der Waals surface area contributed by atoms with Gasteiger partial charge in [0.15, 0.2) is 4.91 Å². The van der Waals surface area contributed by atoms with Crippen molar-refractivity contribution in [1.29, 1.82) is 10.8 Å². The molecule has 0 aromatic rings. The Hall–Kier alpha value is -1.31. The Bertz CT molecular complexity index is 46.2. The summed E-state index contributed by atoms with van der Waals surface area (Å²) in [6.07, 6.45) is 0. The average Bonchev–Trinajstić information content (AvgIpc) is 1.46. The van der Waals surface area contributed by atoms with Crippen LogP contribution in [0.1, 0.15) is 0 Å². The van der Waals surface area contributed by atoms with E-state index in [-0.39, 0.29) is 6.15 Å². The van der Waals surface area contributed by atoms with Gasteiger partial charge in [-0.15, -0.1) is 0 Å². The van der Waals surface area contributed by atoms with Crippen LogP contribution in [0, 0.1) is 15.7 Å². The van der Waals surface area contributed by atoms with Crippen molar-refractivity contribution in [2.24, 2.45) is 0 Å². The number of rotatable bonds is 0. The summed E-state index contributed by atoms with van der Waals surface area (Å²) in [6.45, 7) is 0. The number of hydrogen-bond donors (Lipinski definition) is 1. The Morgan fingerprint density at radius 3 is 1.50 bits per heavy atom. The van der Waals surface area contributed by atoms with E-state index in [9.17, 15) is 0 Å². The smallest absolute Gasteiger partial charge is 0.151 e. The molecule has 0 aliphatic rings. The first kappa shape index (κ1) is 22.4. The van der Waals surface area contributed by atoms with Crippen LogP contribution in [0.25, 0.3) is 5.53 Å². The van der Waals surface area contributed by atoms with E-state index in [0.29, 0.717) is 0 Å². The van der Waals surface area contributed by atoms with Crippen molar-refractivity contribution in [3.8, 4) is 0 Å². The van der Waals surface area contributed by atoms with E-state index in [1.807, 2.05) is 0 Å². The maximum atomic E-state index is 8.11. The Morgan fingerprint density at radius 2 is 1.50 bits per heavy atom. The highest BCUT2D eigenvalue weighted by Crippen LogP contribution is 0.905. The average molecular weight is 89.1 g/mol. The van der Waals surface area contributed by atoms with Crippen LogP contribution in [0.3, 0.4) is 0 Å². The van der Waals surface area contributed by atoms with E-state index in [2.05, 4.69) is 0 Å². The molecular weight excluding hydrogens is 86.0 g/mol. The van der Waals surface area contributed by atoms with Crippen molar-refractivity contribution in [3.05, 3.63) is 10.4 Å². The molecule has 0 aliphatic carbocycles. The molecule has 0 heterocycles. The van der Waals surface area contributed by atoms with Crippen molar-refractivity contribution in [3.63, 3.8) is 0 Å². The molecule has 0 atom stereocenters. The number of hydrogen-bond acceptors (Lipinski definition) is 4. The van der Waals surface area contributed by atoms with Gasteiger partial charge in [-0.1, -0.05) is 0 Å². The molecule has 3 N–H and O–H groups in total. The van der Waals surface area contributed by atoms with Gasteiger partial charge in [0.2, 0.25) is 0 Å². The quantitative estimate of drug-likeness (QED) is 0.254. The molecular formula is H3N5O. The highest BCUT2D eigenvalue weighted by atomic mass is 16.2. The summed E-state index contributed by atoms with van der Waals surface area (Å²) in [4.78, 5) is 9.36.